The maximum atomic E-state index is 5.26. The van der Waals surface area contributed by atoms with Gasteiger partial charge in [-0.15, -0.1) is 12.3 Å². The quantitative estimate of drug-likeness (QED) is 0.524. The fourth-order valence-electron chi connectivity index (χ4n) is 2.30. The predicted octanol–water partition coefficient (Wildman–Crippen LogP) is 2.11. The Morgan fingerprint density at radius 1 is 1.38 bits per heavy atom. The summed E-state index contributed by atoms with van der Waals surface area (Å²) in [5.41, 5.74) is 0. The molecule has 1 heterocycles. The average Bonchev–Trinajstić information content (AvgIpc) is 2.32. The predicted molar refractivity (Wildman–Crippen MR) is 70.4 cm³/mol. The first-order chi connectivity index (χ1) is 7.86. The maximum Gasteiger partial charge on any atom is 0.00982 e. The number of hydrogen-bond acceptors (Lipinski definition) is 2. The zero-order valence-electron chi connectivity index (χ0n) is 10.7. The standard InChI is InChI=1S/C14H26N2/c1-3-5-6-10-16-11-7-14(8-12-16)13-15-9-4-2/h1,14-15H,4-13H2,2H3. The molecule has 92 valence electrons. The molecule has 0 bridgehead atoms. The van der Waals surface area contributed by atoms with Crippen molar-refractivity contribution >= 4 is 0 Å². The summed E-state index contributed by atoms with van der Waals surface area (Å²) >= 11 is 0. The zero-order chi connectivity index (χ0) is 11.6. The van der Waals surface area contributed by atoms with Crippen LogP contribution < -0.4 is 5.32 Å². The Morgan fingerprint density at radius 2 is 2.12 bits per heavy atom. The van der Waals surface area contributed by atoms with Crippen molar-refractivity contribution < 1.29 is 0 Å². The Labute approximate surface area is 101 Å². The second-order valence-corrected chi connectivity index (χ2v) is 4.80. The van der Waals surface area contributed by atoms with Crippen LogP contribution in [0.3, 0.4) is 0 Å². The zero-order valence-corrected chi connectivity index (χ0v) is 10.7. The summed E-state index contributed by atoms with van der Waals surface area (Å²) in [5, 5.41) is 3.53. The number of nitrogens with zero attached hydrogens (tertiary/aromatic N) is 1. The summed E-state index contributed by atoms with van der Waals surface area (Å²) < 4.78 is 0. The van der Waals surface area contributed by atoms with Gasteiger partial charge in [0.05, 0.1) is 0 Å². The Hall–Kier alpha value is -0.520. The van der Waals surface area contributed by atoms with Crippen molar-refractivity contribution in [3.05, 3.63) is 0 Å². The van der Waals surface area contributed by atoms with Crippen molar-refractivity contribution in [1.82, 2.24) is 10.2 Å². The summed E-state index contributed by atoms with van der Waals surface area (Å²) in [6.07, 6.45) is 11.3. The Kier molecular flexibility index (Phi) is 7.29. The van der Waals surface area contributed by atoms with Gasteiger partial charge in [-0.25, -0.2) is 0 Å². The molecule has 0 unspecified atom stereocenters. The van der Waals surface area contributed by atoms with Gasteiger partial charge >= 0.3 is 0 Å². The van der Waals surface area contributed by atoms with Gasteiger partial charge in [0.25, 0.3) is 0 Å². The molecule has 1 rings (SSSR count). The van der Waals surface area contributed by atoms with Gasteiger partial charge in [0.1, 0.15) is 0 Å². The first kappa shape index (κ1) is 13.5. The van der Waals surface area contributed by atoms with Crippen molar-refractivity contribution in [3.63, 3.8) is 0 Å². The van der Waals surface area contributed by atoms with Crippen LogP contribution in [0.25, 0.3) is 0 Å². The van der Waals surface area contributed by atoms with Gasteiger partial charge in [0, 0.05) is 6.42 Å². The number of likely N-dealkylation sites (tertiary alicyclic amines) is 1. The molecule has 1 N–H and O–H groups in total. The molecule has 16 heavy (non-hydrogen) atoms. The van der Waals surface area contributed by atoms with Crippen LogP contribution in [0.5, 0.6) is 0 Å². The number of unbranched alkanes of at least 4 members (excludes halogenated alkanes) is 1. The van der Waals surface area contributed by atoms with Crippen LogP contribution in [-0.4, -0.2) is 37.6 Å². The smallest absolute Gasteiger partial charge is 0.00982 e. The van der Waals surface area contributed by atoms with Crippen molar-refractivity contribution in [1.29, 1.82) is 0 Å². The molecule has 1 aliphatic rings. The Morgan fingerprint density at radius 3 is 2.75 bits per heavy atom. The third-order valence-corrected chi connectivity index (χ3v) is 3.36. The van der Waals surface area contributed by atoms with Crippen molar-refractivity contribution in [2.45, 2.75) is 39.0 Å². The third kappa shape index (κ3) is 5.53. The SMILES string of the molecule is C#CCCCN1CCC(CNCCC)CC1. The molecule has 0 aromatic carbocycles. The molecule has 0 spiro atoms. The normalized spacial score (nSPS) is 18.5. The van der Waals surface area contributed by atoms with E-state index in [-0.39, 0.29) is 0 Å². The van der Waals surface area contributed by atoms with E-state index in [9.17, 15) is 0 Å². The van der Waals surface area contributed by atoms with Gasteiger partial charge in [-0.05, 0) is 64.3 Å². The number of piperidine rings is 1. The summed E-state index contributed by atoms with van der Waals surface area (Å²) in [6, 6.07) is 0. The lowest BCUT2D eigenvalue weighted by atomic mass is 9.96. The van der Waals surface area contributed by atoms with E-state index in [0.29, 0.717) is 0 Å². The van der Waals surface area contributed by atoms with E-state index in [0.717, 1.165) is 18.8 Å². The van der Waals surface area contributed by atoms with Crippen molar-refractivity contribution in [3.8, 4) is 12.3 Å². The van der Waals surface area contributed by atoms with E-state index in [1.807, 2.05) is 0 Å². The topological polar surface area (TPSA) is 15.3 Å². The van der Waals surface area contributed by atoms with Crippen LogP contribution in [0.2, 0.25) is 0 Å². The number of rotatable bonds is 7. The second kappa shape index (κ2) is 8.61. The minimum absolute atomic E-state index is 0.899. The number of terminal acetylenes is 1. The largest absolute Gasteiger partial charge is 0.316 e. The van der Waals surface area contributed by atoms with Crippen LogP contribution >= 0.6 is 0 Å². The van der Waals surface area contributed by atoms with Gasteiger partial charge in [-0.2, -0.15) is 0 Å². The molecule has 0 saturated carbocycles. The highest BCUT2D eigenvalue weighted by Crippen LogP contribution is 2.16. The molecule has 2 nitrogen and oxygen atoms in total. The van der Waals surface area contributed by atoms with Gasteiger partial charge in [0.2, 0.25) is 0 Å². The molecule has 1 saturated heterocycles. The maximum absolute atomic E-state index is 5.26. The van der Waals surface area contributed by atoms with Crippen molar-refractivity contribution in [2.75, 3.05) is 32.7 Å². The Balaban J connectivity index is 2.02. The number of nitrogens with one attached hydrogen (secondary N) is 1. The van der Waals surface area contributed by atoms with Gasteiger partial charge in [-0.1, -0.05) is 6.92 Å². The minimum Gasteiger partial charge on any atom is -0.316 e. The third-order valence-electron chi connectivity index (χ3n) is 3.36. The molecule has 0 aliphatic carbocycles. The van der Waals surface area contributed by atoms with Crippen molar-refractivity contribution in [2.24, 2.45) is 5.92 Å². The molecular formula is C14H26N2. The van der Waals surface area contributed by atoms with E-state index in [4.69, 9.17) is 6.42 Å². The highest BCUT2D eigenvalue weighted by molar-refractivity contribution is 4.84. The second-order valence-electron chi connectivity index (χ2n) is 4.80. The van der Waals surface area contributed by atoms with E-state index >= 15 is 0 Å². The average molecular weight is 222 g/mol. The van der Waals surface area contributed by atoms with Crippen LogP contribution in [0.4, 0.5) is 0 Å². The lowest BCUT2D eigenvalue weighted by Gasteiger charge is -2.31. The van der Waals surface area contributed by atoms with Crippen LogP contribution in [0.15, 0.2) is 0 Å². The van der Waals surface area contributed by atoms with E-state index in [1.54, 1.807) is 0 Å². The molecule has 1 aliphatic heterocycles. The number of hydrogen-bond donors (Lipinski definition) is 1. The molecule has 0 amide bonds. The molecule has 1 fully saturated rings. The summed E-state index contributed by atoms with van der Waals surface area (Å²) in [5.74, 6) is 3.61. The molecule has 0 atom stereocenters. The first-order valence-electron chi connectivity index (χ1n) is 6.73. The first-order valence-corrected chi connectivity index (χ1v) is 6.73. The summed E-state index contributed by atoms with van der Waals surface area (Å²) in [4.78, 5) is 2.56. The molecule has 0 radical (unpaired) electrons. The fraction of sp³-hybridized carbons (Fsp3) is 0.857. The van der Waals surface area contributed by atoms with E-state index in [2.05, 4.69) is 23.1 Å². The van der Waals surface area contributed by atoms with E-state index < -0.39 is 0 Å². The molecule has 2 heteroatoms. The van der Waals surface area contributed by atoms with Crippen LogP contribution in [0, 0.1) is 18.3 Å². The summed E-state index contributed by atoms with van der Waals surface area (Å²) in [7, 11) is 0. The molecule has 0 aromatic heterocycles. The summed E-state index contributed by atoms with van der Waals surface area (Å²) in [6.45, 7) is 8.33. The van der Waals surface area contributed by atoms with Gasteiger partial charge in [-0.3, -0.25) is 0 Å². The van der Waals surface area contributed by atoms with E-state index in [1.165, 1.54) is 52.0 Å². The fourth-order valence-corrected chi connectivity index (χ4v) is 2.30. The highest BCUT2D eigenvalue weighted by atomic mass is 15.1. The van der Waals surface area contributed by atoms with Gasteiger partial charge in [0.15, 0.2) is 0 Å². The highest BCUT2D eigenvalue weighted by Gasteiger charge is 2.17. The monoisotopic (exact) mass is 222 g/mol. The Bertz CT molecular complexity index is 199. The lowest BCUT2D eigenvalue weighted by Crippen LogP contribution is -2.37. The minimum atomic E-state index is 0.899. The van der Waals surface area contributed by atoms with Crippen LogP contribution in [0.1, 0.15) is 39.0 Å². The molecular weight excluding hydrogens is 196 g/mol. The van der Waals surface area contributed by atoms with Gasteiger partial charge < -0.3 is 10.2 Å². The lowest BCUT2D eigenvalue weighted by molar-refractivity contribution is 0.181. The van der Waals surface area contributed by atoms with Crippen LogP contribution in [-0.2, 0) is 0 Å². The molecule has 0 aromatic rings.